The molecule has 0 aliphatic heterocycles. The van der Waals surface area contributed by atoms with E-state index in [9.17, 15) is 0 Å². The van der Waals surface area contributed by atoms with Gasteiger partial charge in [-0.2, -0.15) is 36.4 Å². The zero-order chi connectivity index (χ0) is 6.24. The van der Waals surface area contributed by atoms with Crippen LogP contribution in [0.4, 0.5) is 0 Å². The van der Waals surface area contributed by atoms with Crippen molar-refractivity contribution < 1.29 is 17.0 Å². The minimum Gasteiger partial charge on any atom is -1.00 e. The normalized spacial score (nSPS) is 5.40. The molecule has 2 heteroatoms. The molecule has 0 heterocycles. The molecule has 0 N–H and O–H groups in total. The molecular formula is C8H11BrMg. The van der Waals surface area contributed by atoms with E-state index >= 15 is 0 Å². The van der Waals surface area contributed by atoms with Crippen LogP contribution in [0.5, 0.6) is 0 Å². The molecule has 0 aliphatic carbocycles. The number of hydrogen-bond donors (Lipinski definition) is 0. The molecule has 0 aliphatic rings. The second-order valence-corrected chi connectivity index (χ2v) is 1.08. The summed E-state index contributed by atoms with van der Waals surface area (Å²) in [5, 5.41) is 0. The third-order valence-corrected chi connectivity index (χ3v) is 0.607. The van der Waals surface area contributed by atoms with E-state index in [2.05, 4.69) is 6.07 Å². The van der Waals surface area contributed by atoms with Crippen molar-refractivity contribution in [3.05, 3.63) is 36.4 Å². The number of rotatable bonds is 0. The van der Waals surface area contributed by atoms with E-state index in [4.69, 9.17) is 0 Å². The topological polar surface area (TPSA) is 0 Å². The Hall–Kier alpha value is 0.466. The molecule has 0 spiro atoms. The Kier molecular flexibility index (Phi) is 27.3. The minimum atomic E-state index is 0. The van der Waals surface area contributed by atoms with Crippen molar-refractivity contribution in [2.24, 2.45) is 0 Å². The fourth-order valence-electron chi connectivity index (χ4n) is 0.342. The average Bonchev–Trinajstić information content (AvgIpc) is 1.96. The summed E-state index contributed by atoms with van der Waals surface area (Å²) in [6.45, 7) is 4.00. The van der Waals surface area contributed by atoms with Gasteiger partial charge < -0.3 is 17.0 Å². The van der Waals surface area contributed by atoms with E-state index < -0.39 is 0 Å². The van der Waals surface area contributed by atoms with Crippen LogP contribution in [0.2, 0.25) is 0 Å². The van der Waals surface area contributed by atoms with Crippen LogP contribution in [0.3, 0.4) is 0 Å². The molecular weight excluding hydrogens is 200 g/mol. The Morgan fingerprint density at radius 2 is 1.30 bits per heavy atom. The molecule has 0 fully saturated rings. The van der Waals surface area contributed by atoms with E-state index in [0.29, 0.717) is 0 Å². The number of halogens is 1. The molecule has 1 rings (SSSR count). The van der Waals surface area contributed by atoms with Crippen molar-refractivity contribution >= 4 is 23.1 Å². The third-order valence-electron chi connectivity index (χ3n) is 0.607. The first-order valence-corrected chi connectivity index (χ1v) is 2.91. The van der Waals surface area contributed by atoms with E-state index in [1.54, 1.807) is 0 Å². The average molecular weight is 211 g/mol. The first kappa shape index (κ1) is 16.8. The van der Waals surface area contributed by atoms with Gasteiger partial charge in [0.15, 0.2) is 0 Å². The smallest absolute Gasteiger partial charge is 1.00 e. The van der Waals surface area contributed by atoms with Gasteiger partial charge in [0.2, 0.25) is 0 Å². The first-order chi connectivity index (χ1) is 4.00. The predicted octanol–water partition coefficient (Wildman–Crippen LogP) is -0.864. The largest absolute Gasteiger partial charge is 2.00 e. The summed E-state index contributed by atoms with van der Waals surface area (Å²) < 4.78 is 0. The summed E-state index contributed by atoms with van der Waals surface area (Å²) in [5.41, 5.74) is 0. The molecule has 0 radical (unpaired) electrons. The van der Waals surface area contributed by atoms with Crippen LogP contribution in [0.15, 0.2) is 30.3 Å². The summed E-state index contributed by atoms with van der Waals surface area (Å²) in [6, 6.07) is 12.5. The molecule has 52 valence electrons. The first-order valence-electron chi connectivity index (χ1n) is 2.91. The van der Waals surface area contributed by atoms with Crippen molar-refractivity contribution in [3.63, 3.8) is 0 Å². The number of benzene rings is 1. The molecule has 0 bridgehead atoms. The van der Waals surface area contributed by atoms with E-state index in [1.807, 2.05) is 44.2 Å². The Bertz CT molecular complexity index is 81.2. The minimum absolute atomic E-state index is 0. The Balaban J connectivity index is -0.000000114. The van der Waals surface area contributed by atoms with E-state index in [1.165, 1.54) is 0 Å². The van der Waals surface area contributed by atoms with Crippen molar-refractivity contribution in [3.8, 4) is 0 Å². The fraction of sp³-hybridized carbons (Fsp3) is 0.250. The van der Waals surface area contributed by atoms with Gasteiger partial charge in [0.25, 0.3) is 0 Å². The second kappa shape index (κ2) is 16.2. The van der Waals surface area contributed by atoms with Gasteiger partial charge in [-0.3, -0.25) is 0 Å². The maximum atomic E-state index is 2.89. The zero-order valence-electron chi connectivity index (χ0n) is 6.47. The molecule has 10 heavy (non-hydrogen) atoms. The summed E-state index contributed by atoms with van der Waals surface area (Å²) in [4.78, 5) is 0. The van der Waals surface area contributed by atoms with Gasteiger partial charge in [0, 0.05) is 0 Å². The van der Waals surface area contributed by atoms with Crippen LogP contribution in [-0.2, 0) is 0 Å². The summed E-state index contributed by atoms with van der Waals surface area (Å²) >= 11 is 0. The van der Waals surface area contributed by atoms with Crippen molar-refractivity contribution in [2.75, 3.05) is 0 Å². The van der Waals surface area contributed by atoms with Crippen LogP contribution in [-0.4, -0.2) is 23.1 Å². The molecule has 0 saturated carbocycles. The molecule has 0 unspecified atom stereocenters. The van der Waals surface area contributed by atoms with Crippen molar-refractivity contribution in [2.45, 2.75) is 13.8 Å². The SMILES string of the molecule is CC.[Br-].[Mg+2].[c-]1ccccc1. The fourth-order valence-corrected chi connectivity index (χ4v) is 0.342. The molecule has 0 aromatic heterocycles. The predicted molar refractivity (Wildman–Crippen MR) is 42.4 cm³/mol. The van der Waals surface area contributed by atoms with Crippen molar-refractivity contribution in [1.29, 1.82) is 0 Å². The maximum Gasteiger partial charge on any atom is 2.00 e. The van der Waals surface area contributed by atoms with Crippen molar-refractivity contribution in [1.82, 2.24) is 0 Å². The molecule has 1 aromatic carbocycles. The van der Waals surface area contributed by atoms with Gasteiger partial charge >= 0.3 is 23.1 Å². The Labute approximate surface area is 89.9 Å². The molecule has 1 aromatic rings. The molecule has 0 amide bonds. The van der Waals surface area contributed by atoms with Gasteiger partial charge in [-0.15, -0.1) is 0 Å². The maximum absolute atomic E-state index is 2.89. The summed E-state index contributed by atoms with van der Waals surface area (Å²) in [6.07, 6.45) is 0. The Morgan fingerprint density at radius 3 is 1.40 bits per heavy atom. The summed E-state index contributed by atoms with van der Waals surface area (Å²) in [5.74, 6) is 0. The molecule has 0 nitrogen and oxygen atoms in total. The second-order valence-electron chi connectivity index (χ2n) is 1.08. The van der Waals surface area contributed by atoms with Gasteiger partial charge in [-0.1, -0.05) is 13.8 Å². The van der Waals surface area contributed by atoms with Gasteiger partial charge in [0.1, 0.15) is 0 Å². The molecule has 0 atom stereocenters. The third kappa shape index (κ3) is 11.3. The van der Waals surface area contributed by atoms with Crippen LogP contribution < -0.4 is 17.0 Å². The van der Waals surface area contributed by atoms with E-state index in [0.717, 1.165) is 0 Å². The Morgan fingerprint density at radius 1 is 0.900 bits per heavy atom. The summed E-state index contributed by atoms with van der Waals surface area (Å²) in [7, 11) is 0. The standard InChI is InChI=1S/C6H5.C2H6.BrH.Mg/c1-2-4-6-5-3-1;1-2;;/h1-5H;1-2H3;1H;/q-1;;;+2/p-1. The number of hydrogen-bond acceptors (Lipinski definition) is 0. The quantitative estimate of drug-likeness (QED) is 0.387. The molecule has 0 saturated heterocycles. The van der Waals surface area contributed by atoms with Crippen LogP contribution in [0.1, 0.15) is 13.8 Å². The van der Waals surface area contributed by atoms with Crippen LogP contribution in [0, 0.1) is 6.07 Å². The zero-order valence-corrected chi connectivity index (χ0v) is 9.47. The van der Waals surface area contributed by atoms with Gasteiger partial charge in [0.05, 0.1) is 0 Å². The van der Waals surface area contributed by atoms with Crippen LogP contribution in [0.25, 0.3) is 0 Å². The van der Waals surface area contributed by atoms with Crippen LogP contribution >= 0.6 is 0 Å². The van der Waals surface area contributed by atoms with Gasteiger partial charge in [-0.05, 0) is 0 Å². The van der Waals surface area contributed by atoms with E-state index in [-0.39, 0.29) is 40.0 Å². The van der Waals surface area contributed by atoms with Gasteiger partial charge in [-0.25, -0.2) is 0 Å². The monoisotopic (exact) mass is 210 g/mol.